The maximum Gasteiger partial charge on any atom is 0.246 e. The Morgan fingerprint density at radius 1 is 0.885 bits per heavy atom. The zero-order valence-electron chi connectivity index (χ0n) is 14.1. The summed E-state index contributed by atoms with van der Waals surface area (Å²) in [6, 6.07) is 15.2. The lowest BCUT2D eigenvalue weighted by molar-refractivity contribution is 0.384. The average Bonchev–Trinajstić information content (AvgIpc) is 3.21. The first-order chi connectivity index (χ1) is 12.6. The van der Waals surface area contributed by atoms with Gasteiger partial charge in [-0.2, -0.15) is 9.40 Å². The van der Waals surface area contributed by atoms with Gasteiger partial charge in [0.25, 0.3) is 0 Å². The molecule has 1 aliphatic heterocycles. The van der Waals surface area contributed by atoms with Gasteiger partial charge in [0.2, 0.25) is 10.0 Å². The molecule has 3 heterocycles. The van der Waals surface area contributed by atoms with Crippen LogP contribution in [-0.4, -0.2) is 53.7 Å². The van der Waals surface area contributed by atoms with Crippen LogP contribution in [0.25, 0.3) is 5.69 Å². The second kappa shape index (κ2) is 6.89. The van der Waals surface area contributed by atoms with E-state index in [0.717, 1.165) is 11.5 Å². The number of pyridine rings is 1. The fraction of sp³-hybridized carbons (Fsp3) is 0.222. The van der Waals surface area contributed by atoms with Gasteiger partial charge in [-0.05, 0) is 24.3 Å². The number of sulfonamides is 1. The van der Waals surface area contributed by atoms with Crippen molar-refractivity contribution in [1.29, 1.82) is 0 Å². The van der Waals surface area contributed by atoms with Crippen molar-refractivity contribution in [3.05, 3.63) is 67.1 Å². The van der Waals surface area contributed by atoms with Gasteiger partial charge in [0.05, 0.1) is 18.1 Å². The molecule has 0 radical (unpaired) electrons. The van der Waals surface area contributed by atoms with E-state index in [1.807, 2.05) is 48.5 Å². The molecule has 7 nitrogen and oxygen atoms in total. The molecule has 0 aliphatic carbocycles. The summed E-state index contributed by atoms with van der Waals surface area (Å²) in [6.45, 7) is 2.08. The zero-order chi connectivity index (χ0) is 18.0. The Morgan fingerprint density at radius 2 is 1.62 bits per heavy atom. The van der Waals surface area contributed by atoms with Crippen molar-refractivity contribution in [2.75, 3.05) is 31.1 Å². The van der Waals surface area contributed by atoms with Crippen molar-refractivity contribution in [2.24, 2.45) is 0 Å². The maximum atomic E-state index is 12.9. The molecule has 2 aromatic heterocycles. The molecule has 26 heavy (non-hydrogen) atoms. The molecule has 0 saturated carbocycles. The van der Waals surface area contributed by atoms with Crippen LogP contribution >= 0.6 is 0 Å². The van der Waals surface area contributed by atoms with E-state index in [4.69, 9.17) is 0 Å². The van der Waals surface area contributed by atoms with Crippen LogP contribution in [0.5, 0.6) is 0 Å². The number of piperazine rings is 1. The van der Waals surface area contributed by atoms with Crippen LogP contribution in [0.3, 0.4) is 0 Å². The fourth-order valence-corrected chi connectivity index (χ4v) is 4.36. The van der Waals surface area contributed by atoms with E-state index in [-0.39, 0.29) is 4.90 Å². The molecule has 134 valence electrons. The Labute approximate surface area is 152 Å². The summed E-state index contributed by atoms with van der Waals surface area (Å²) in [6.07, 6.45) is 4.72. The van der Waals surface area contributed by atoms with Crippen LogP contribution in [0.15, 0.2) is 72.0 Å². The van der Waals surface area contributed by atoms with Crippen LogP contribution < -0.4 is 4.90 Å². The van der Waals surface area contributed by atoms with Crippen LogP contribution in [0, 0.1) is 0 Å². The third-order valence-corrected chi connectivity index (χ3v) is 6.28. The second-order valence-corrected chi connectivity index (χ2v) is 7.97. The van der Waals surface area contributed by atoms with Crippen molar-refractivity contribution < 1.29 is 8.42 Å². The summed E-state index contributed by atoms with van der Waals surface area (Å²) < 4.78 is 28.9. The molecule has 0 spiro atoms. The third kappa shape index (κ3) is 3.21. The average molecular weight is 369 g/mol. The Balaban J connectivity index is 1.49. The lowest BCUT2D eigenvalue weighted by Crippen LogP contribution is -2.48. The van der Waals surface area contributed by atoms with Crippen LogP contribution in [0.4, 0.5) is 5.82 Å². The first kappa shape index (κ1) is 16.7. The molecular formula is C18H19N5O2S. The monoisotopic (exact) mass is 369 g/mol. The molecule has 0 atom stereocenters. The minimum absolute atomic E-state index is 0.215. The fourth-order valence-electron chi connectivity index (χ4n) is 3.01. The molecule has 0 bridgehead atoms. The molecule has 3 aromatic rings. The SMILES string of the molecule is O=S(=O)(c1cnn(-c2ccccc2)c1)N1CCN(c2ccccn2)CC1. The number of nitrogens with zero attached hydrogens (tertiary/aromatic N) is 5. The summed E-state index contributed by atoms with van der Waals surface area (Å²) in [5.41, 5.74) is 0.828. The van der Waals surface area contributed by atoms with E-state index in [2.05, 4.69) is 15.0 Å². The Kier molecular flexibility index (Phi) is 4.44. The Bertz CT molecular complexity index is 965. The molecular weight excluding hydrogens is 350 g/mol. The predicted octanol–water partition coefficient (Wildman–Crippen LogP) is 1.78. The molecule has 1 fully saturated rings. The van der Waals surface area contributed by atoms with E-state index in [9.17, 15) is 8.42 Å². The smallest absolute Gasteiger partial charge is 0.246 e. The molecule has 0 N–H and O–H groups in total. The summed E-state index contributed by atoms with van der Waals surface area (Å²) in [5.74, 6) is 0.876. The van der Waals surface area contributed by atoms with E-state index in [1.165, 1.54) is 10.5 Å². The number of anilines is 1. The van der Waals surface area contributed by atoms with Gasteiger partial charge in [0.1, 0.15) is 10.7 Å². The highest BCUT2D eigenvalue weighted by Gasteiger charge is 2.30. The minimum atomic E-state index is -3.55. The molecule has 4 rings (SSSR count). The first-order valence-electron chi connectivity index (χ1n) is 8.41. The van der Waals surface area contributed by atoms with E-state index in [1.54, 1.807) is 17.1 Å². The van der Waals surface area contributed by atoms with Crippen LogP contribution in [0.1, 0.15) is 0 Å². The van der Waals surface area contributed by atoms with Gasteiger partial charge in [-0.15, -0.1) is 0 Å². The Morgan fingerprint density at radius 3 is 2.31 bits per heavy atom. The van der Waals surface area contributed by atoms with Gasteiger partial charge in [0.15, 0.2) is 0 Å². The van der Waals surface area contributed by atoms with Crippen molar-refractivity contribution >= 4 is 15.8 Å². The number of rotatable bonds is 4. The quantitative estimate of drug-likeness (QED) is 0.701. The predicted molar refractivity (Wildman–Crippen MR) is 98.8 cm³/mol. The molecule has 1 saturated heterocycles. The van der Waals surface area contributed by atoms with Gasteiger partial charge in [-0.1, -0.05) is 24.3 Å². The minimum Gasteiger partial charge on any atom is -0.354 e. The summed E-state index contributed by atoms with van der Waals surface area (Å²) in [4.78, 5) is 6.64. The first-order valence-corrected chi connectivity index (χ1v) is 9.85. The van der Waals surface area contributed by atoms with Crippen molar-refractivity contribution in [1.82, 2.24) is 19.1 Å². The van der Waals surface area contributed by atoms with E-state index < -0.39 is 10.0 Å². The van der Waals surface area contributed by atoms with Gasteiger partial charge in [0, 0.05) is 32.4 Å². The summed E-state index contributed by atoms with van der Waals surface area (Å²) in [7, 11) is -3.55. The van der Waals surface area contributed by atoms with Crippen LogP contribution in [-0.2, 0) is 10.0 Å². The second-order valence-electron chi connectivity index (χ2n) is 6.04. The highest BCUT2D eigenvalue weighted by Crippen LogP contribution is 2.20. The molecule has 0 unspecified atom stereocenters. The highest BCUT2D eigenvalue weighted by molar-refractivity contribution is 7.89. The standard InChI is InChI=1S/C18H19N5O2S/c24-26(25,17-14-20-23(15-17)16-6-2-1-3-7-16)22-12-10-21(11-13-22)18-8-4-5-9-19-18/h1-9,14-15H,10-13H2. The van der Waals surface area contributed by atoms with Gasteiger partial charge in [-0.25, -0.2) is 18.1 Å². The van der Waals surface area contributed by atoms with Crippen molar-refractivity contribution in [2.45, 2.75) is 4.90 Å². The number of para-hydroxylation sites is 1. The maximum absolute atomic E-state index is 12.9. The van der Waals surface area contributed by atoms with Crippen molar-refractivity contribution in [3.8, 4) is 5.69 Å². The summed E-state index contributed by atoms with van der Waals surface area (Å²) in [5, 5.41) is 4.20. The molecule has 8 heteroatoms. The van der Waals surface area contributed by atoms with E-state index >= 15 is 0 Å². The normalized spacial score (nSPS) is 15.9. The topological polar surface area (TPSA) is 71.3 Å². The van der Waals surface area contributed by atoms with Gasteiger partial charge in [-0.3, -0.25) is 0 Å². The van der Waals surface area contributed by atoms with E-state index in [0.29, 0.717) is 26.2 Å². The number of aromatic nitrogens is 3. The van der Waals surface area contributed by atoms with Gasteiger partial charge >= 0.3 is 0 Å². The highest BCUT2D eigenvalue weighted by atomic mass is 32.2. The summed E-state index contributed by atoms with van der Waals surface area (Å²) >= 11 is 0. The largest absolute Gasteiger partial charge is 0.354 e. The van der Waals surface area contributed by atoms with Crippen molar-refractivity contribution in [3.63, 3.8) is 0 Å². The number of benzene rings is 1. The lowest BCUT2D eigenvalue weighted by atomic mass is 10.3. The third-order valence-electron chi connectivity index (χ3n) is 4.43. The van der Waals surface area contributed by atoms with Crippen LogP contribution in [0.2, 0.25) is 0 Å². The Hall–Kier alpha value is -2.71. The number of hydrogen-bond donors (Lipinski definition) is 0. The number of hydrogen-bond acceptors (Lipinski definition) is 5. The molecule has 0 amide bonds. The lowest BCUT2D eigenvalue weighted by Gasteiger charge is -2.34. The molecule has 1 aliphatic rings. The molecule has 1 aromatic carbocycles. The zero-order valence-corrected chi connectivity index (χ0v) is 15.0. The van der Waals surface area contributed by atoms with Gasteiger partial charge < -0.3 is 4.90 Å².